The first kappa shape index (κ1) is 21.3. The van der Waals surface area contributed by atoms with Gasteiger partial charge in [0.2, 0.25) is 5.91 Å². The predicted octanol–water partition coefficient (Wildman–Crippen LogP) is 3.64. The molecule has 4 rings (SSSR count). The van der Waals surface area contributed by atoms with Gasteiger partial charge in [-0.1, -0.05) is 18.2 Å². The van der Waals surface area contributed by atoms with E-state index in [0.29, 0.717) is 31.5 Å². The van der Waals surface area contributed by atoms with Gasteiger partial charge in [0, 0.05) is 56.4 Å². The summed E-state index contributed by atoms with van der Waals surface area (Å²) in [5.74, 6) is -0.397. The van der Waals surface area contributed by atoms with Crippen LogP contribution < -0.4 is 4.90 Å². The molecular formula is C25H30FN3O2. The summed E-state index contributed by atoms with van der Waals surface area (Å²) >= 11 is 0. The molecule has 5 nitrogen and oxygen atoms in total. The standard InChI is InChI=1S/C25H30FN3O2/c1-18-5-3-8-23(19(18)2)27-13-15-29(16-14-27)24(30)20-9-11-28(12-10-20)25(31)21-6-4-7-22(26)17-21/h3-8,17,20H,9-16H2,1-2H3. The fourth-order valence-corrected chi connectivity index (χ4v) is 4.64. The number of piperidine rings is 1. The molecule has 2 amide bonds. The zero-order chi connectivity index (χ0) is 22.0. The van der Waals surface area contributed by atoms with E-state index >= 15 is 0 Å². The Kier molecular flexibility index (Phi) is 6.25. The van der Waals surface area contributed by atoms with E-state index in [-0.39, 0.29) is 17.7 Å². The number of likely N-dealkylation sites (tertiary alicyclic amines) is 1. The topological polar surface area (TPSA) is 43.9 Å². The van der Waals surface area contributed by atoms with E-state index in [1.807, 2.05) is 4.90 Å². The quantitative estimate of drug-likeness (QED) is 0.757. The molecule has 0 aliphatic carbocycles. The second kappa shape index (κ2) is 9.08. The third kappa shape index (κ3) is 4.58. The van der Waals surface area contributed by atoms with Crippen LogP contribution in [0, 0.1) is 25.6 Å². The van der Waals surface area contributed by atoms with Crippen molar-refractivity contribution >= 4 is 17.5 Å². The summed E-state index contributed by atoms with van der Waals surface area (Å²) in [5.41, 5.74) is 4.22. The molecular weight excluding hydrogens is 393 g/mol. The van der Waals surface area contributed by atoms with Crippen LogP contribution in [0.15, 0.2) is 42.5 Å². The summed E-state index contributed by atoms with van der Waals surface area (Å²) in [5, 5.41) is 0. The van der Waals surface area contributed by atoms with E-state index in [1.165, 1.54) is 28.9 Å². The van der Waals surface area contributed by atoms with Crippen molar-refractivity contribution in [3.05, 3.63) is 65.0 Å². The Morgan fingerprint density at radius 1 is 0.871 bits per heavy atom. The number of anilines is 1. The second-order valence-electron chi connectivity index (χ2n) is 8.61. The van der Waals surface area contributed by atoms with Gasteiger partial charge in [-0.3, -0.25) is 9.59 Å². The van der Waals surface area contributed by atoms with Gasteiger partial charge >= 0.3 is 0 Å². The summed E-state index contributed by atoms with van der Waals surface area (Å²) in [4.78, 5) is 31.8. The number of amides is 2. The molecule has 0 saturated carbocycles. The highest BCUT2D eigenvalue weighted by Crippen LogP contribution is 2.26. The van der Waals surface area contributed by atoms with Crippen LogP contribution in [0.1, 0.15) is 34.3 Å². The highest BCUT2D eigenvalue weighted by atomic mass is 19.1. The Labute approximate surface area is 183 Å². The maximum Gasteiger partial charge on any atom is 0.253 e. The van der Waals surface area contributed by atoms with Crippen LogP contribution in [-0.4, -0.2) is 60.9 Å². The fourth-order valence-electron chi connectivity index (χ4n) is 4.64. The van der Waals surface area contributed by atoms with Crippen molar-refractivity contribution in [1.29, 1.82) is 0 Å². The van der Waals surface area contributed by atoms with E-state index in [2.05, 4.69) is 36.9 Å². The van der Waals surface area contributed by atoms with Gasteiger partial charge in [-0.25, -0.2) is 4.39 Å². The van der Waals surface area contributed by atoms with Crippen molar-refractivity contribution in [2.75, 3.05) is 44.2 Å². The average molecular weight is 424 g/mol. The third-order valence-electron chi connectivity index (χ3n) is 6.71. The minimum absolute atomic E-state index is 0.0381. The second-order valence-corrected chi connectivity index (χ2v) is 8.61. The molecule has 6 heteroatoms. The molecule has 2 fully saturated rings. The lowest BCUT2D eigenvalue weighted by Crippen LogP contribution is -2.52. The molecule has 164 valence electrons. The van der Waals surface area contributed by atoms with Gasteiger partial charge in [0.05, 0.1) is 0 Å². The lowest BCUT2D eigenvalue weighted by molar-refractivity contribution is -0.137. The summed E-state index contributed by atoms with van der Waals surface area (Å²) in [6.45, 7) is 8.50. The maximum absolute atomic E-state index is 13.4. The fraction of sp³-hybridized carbons (Fsp3) is 0.440. The molecule has 2 saturated heterocycles. The first-order chi connectivity index (χ1) is 14.9. The zero-order valence-corrected chi connectivity index (χ0v) is 18.3. The molecule has 0 atom stereocenters. The van der Waals surface area contributed by atoms with Crippen LogP contribution in [0.3, 0.4) is 0 Å². The Bertz CT molecular complexity index is 961. The molecule has 0 radical (unpaired) electrons. The first-order valence-corrected chi connectivity index (χ1v) is 11.1. The van der Waals surface area contributed by atoms with Crippen LogP contribution >= 0.6 is 0 Å². The number of hydrogen-bond acceptors (Lipinski definition) is 3. The number of aryl methyl sites for hydroxylation is 1. The minimum atomic E-state index is -0.407. The minimum Gasteiger partial charge on any atom is -0.368 e. The first-order valence-electron chi connectivity index (χ1n) is 11.1. The lowest BCUT2D eigenvalue weighted by atomic mass is 9.94. The molecule has 2 aromatic rings. The third-order valence-corrected chi connectivity index (χ3v) is 6.71. The molecule has 2 aromatic carbocycles. The van der Waals surface area contributed by atoms with Crippen molar-refractivity contribution in [2.24, 2.45) is 5.92 Å². The number of carbonyl (C=O) groups excluding carboxylic acids is 2. The Morgan fingerprint density at radius 3 is 2.23 bits per heavy atom. The van der Waals surface area contributed by atoms with Gasteiger partial charge in [0.25, 0.3) is 5.91 Å². The average Bonchev–Trinajstić information content (AvgIpc) is 2.80. The van der Waals surface area contributed by atoms with Crippen molar-refractivity contribution in [1.82, 2.24) is 9.80 Å². The molecule has 2 aliphatic heterocycles. The summed E-state index contributed by atoms with van der Waals surface area (Å²) in [7, 11) is 0. The lowest BCUT2D eigenvalue weighted by Gasteiger charge is -2.40. The molecule has 0 N–H and O–H groups in total. The van der Waals surface area contributed by atoms with Crippen molar-refractivity contribution in [3.63, 3.8) is 0 Å². The highest BCUT2D eigenvalue weighted by Gasteiger charge is 2.32. The van der Waals surface area contributed by atoms with Gasteiger partial charge in [0.15, 0.2) is 0 Å². The van der Waals surface area contributed by atoms with Gasteiger partial charge in [-0.15, -0.1) is 0 Å². The summed E-state index contributed by atoms with van der Waals surface area (Å²) < 4.78 is 13.4. The van der Waals surface area contributed by atoms with E-state index in [9.17, 15) is 14.0 Å². The number of carbonyl (C=O) groups is 2. The highest BCUT2D eigenvalue weighted by molar-refractivity contribution is 5.94. The molecule has 0 unspecified atom stereocenters. The van der Waals surface area contributed by atoms with Gasteiger partial charge in [0.1, 0.15) is 5.82 Å². The maximum atomic E-state index is 13.4. The van der Waals surface area contributed by atoms with Crippen LogP contribution in [0.4, 0.5) is 10.1 Å². The summed E-state index contributed by atoms with van der Waals surface area (Å²) in [6.07, 6.45) is 1.33. The van der Waals surface area contributed by atoms with E-state index in [1.54, 1.807) is 17.0 Å². The largest absolute Gasteiger partial charge is 0.368 e. The van der Waals surface area contributed by atoms with Crippen LogP contribution in [0.2, 0.25) is 0 Å². The van der Waals surface area contributed by atoms with Crippen LogP contribution in [0.25, 0.3) is 0 Å². The molecule has 0 aromatic heterocycles. The predicted molar refractivity (Wildman–Crippen MR) is 120 cm³/mol. The van der Waals surface area contributed by atoms with E-state index in [4.69, 9.17) is 0 Å². The number of nitrogens with zero attached hydrogens (tertiary/aromatic N) is 3. The van der Waals surface area contributed by atoms with Gasteiger partial charge < -0.3 is 14.7 Å². The number of rotatable bonds is 3. The van der Waals surface area contributed by atoms with E-state index in [0.717, 1.165) is 26.2 Å². The molecule has 2 aliphatic rings. The molecule has 31 heavy (non-hydrogen) atoms. The van der Waals surface area contributed by atoms with Crippen LogP contribution in [-0.2, 0) is 4.79 Å². The van der Waals surface area contributed by atoms with Crippen LogP contribution in [0.5, 0.6) is 0 Å². The molecule has 0 bridgehead atoms. The smallest absolute Gasteiger partial charge is 0.253 e. The number of benzene rings is 2. The van der Waals surface area contributed by atoms with Crippen molar-refractivity contribution in [2.45, 2.75) is 26.7 Å². The van der Waals surface area contributed by atoms with Crippen molar-refractivity contribution < 1.29 is 14.0 Å². The van der Waals surface area contributed by atoms with Gasteiger partial charge in [-0.05, 0) is 62.1 Å². The summed E-state index contributed by atoms with van der Waals surface area (Å²) in [6, 6.07) is 12.2. The van der Waals surface area contributed by atoms with Gasteiger partial charge in [-0.2, -0.15) is 0 Å². The zero-order valence-electron chi connectivity index (χ0n) is 18.3. The van der Waals surface area contributed by atoms with Crippen molar-refractivity contribution in [3.8, 4) is 0 Å². The number of hydrogen-bond donors (Lipinski definition) is 0. The number of piperazine rings is 1. The van der Waals surface area contributed by atoms with E-state index < -0.39 is 5.82 Å². The Morgan fingerprint density at radius 2 is 1.55 bits per heavy atom. The SMILES string of the molecule is Cc1cccc(N2CCN(C(=O)C3CCN(C(=O)c4cccc(F)c4)CC3)CC2)c1C. The Hall–Kier alpha value is -2.89. The molecule has 0 spiro atoms. The monoisotopic (exact) mass is 423 g/mol. The number of halogens is 1. The Balaban J connectivity index is 1.29. The molecule has 2 heterocycles. The normalized spacial score (nSPS) is 17.7.